The van der Waals surface area contributed by atoms with E-state index in [1.807, 2.05) is 70.2 Å². The van der Waals surface area contributed by atoms with E-state index >= 15 is 0 Å². The van der Waals surface area contributed by atoms with E-state index in [-0.39, 0.29) is 24.3 Å². The standard InChI is InChI=1S/C23H21N3O4.C21H19N3O3/c1-13(2)28-21-10-8-15(12-19(21)24-4)23-25-22(26-30-23)18-7-5-6-17-16(18)9-11-20(17)29-14(3)27;1-12(2)26-19-10-7-13(11-17(19)22-3)21-23-20(24-27-21)16-6-4-5-15-14(16)8-9-18(15)25/h5-8,10,12-13,20H,9,11H2,1-3H3;4-7,10-12,18,25H,8-9H2,1-2H3/t20-;18-/m11/s1. The van der Waals surface area contributed by atoms with E-state index in [9.17, 15) is 9.90 Å². The summed E-state index contributed by atoms with van der Waals surface area (Å²) in [6.07, 6.45) is 2.31. The molecule has 2 aromatic heterocycles. The quantitative estimate of drug-likeness (QED) is 0.111. The van der Waals surface area contributed by atoms with Crippen molar-refractivity contribution in [3.8, 4) is 57.2 Å². The van der Waals surface area contributed by atoms with Crippen molar-refractivity contribution >= 4 is 17.3 Å². The van der Waals surface area contributed by atoms with Gasteiger partial charge in [-0.15, -0.1) is 0 Å². The molecule has 0 amide bonds. The SMILES string of the molecule is [C-]#[N+]c1cc(-c2nc(-c3cccc4c3CC[C@H]4O)no2)ccc1OC(C)C.[C-]#[N+]c1cc(-c2nc(-c3cccc4c3CC[C@H]4OC(C)=O)no2)ccc1OC(C)C. The monoisotopic (exact) mass is 764 g/mol. The Morgan fingerprint density at radius 3 is 1.72 bits per heavy atom. The van der Waals surface area contributed by atoms with Crippen molar-refractivity contribution in [2.75, 3.05) is 0 Å². The number of ether oxygens (including phenoxy) is 3. The number of carbonyl (C=O) groups excluding carboxylic acids is 1. The minimum Gasteiger partial charge on any atom is -0.502 e. The van der Waals surface area contributed by atoms with Crippen LogP contribution in [0, 0.1) is 13.1 Å². The van der Waals surface area contributed by atoms with Crippen molar-refractivity contribution in [3.05, 3.63) is 118 Å². The lowest BCUT2D eigenvalue weighted by Crippen LogP contribution is -2.05. The van der Waals surface area contributed by atoms with E-state index in [1.165, 1.54) is 6.92 Å². The summed E-state index contributed by atoms with van der Waals surface area (Å²) in [7, 11) is 0. The molecule has 0 fully saturated rings. The first-order valence-electron chi connectivity index (χ1n) is 18.7. The average Bonchev–Trinajstić information content (AvgIpc) is 4.03. The molecule has 288 valence electrons. The topological polar surface area (TPSA) is 152 Å². The van der Waals surface area contributed by atoms with Gasteiger partial charge in [0.05, 0.1) is 31.5 Å². The van der Waals surface area contributed by atoms with Gasteiger partial charge in [0.2, 0.25) is 23.0 Å². The molecule has 0 spiro atoms. The maximum Gasteiger partial charge on any atom is 0.303 e. The molecule has 0 unspecified atom stereocenters. The summed E-state index contributed by atoms with van der Waals surface area (Å²) >= 11 is 0. The first-order valence-corrected chi connectivity index (χ1v) is 18.7. The van der Waals surface area contributed by atoms with Gasteiger partial charge in [0, 0.05) is 29.2 Å². The van der Waals surface area contributed by atoms with Crippen LogP contribution in [0.15, 0.2) is 81.8 Å². The van der Waals surface area contributed by atoms with Crippen LogP contribution in [0.25, 0.3) is 55.4 Å². The summed E-state index contributed by atoms with van der Waals surface area (Å²) in [6, 6.07) is 22.1. The number of aromatic nitrogens is 4. The lowest BCUT2D eigenvalue weighted by Gasteiger charge is -2.12. The van der Waals surface area contributed by atoms with Crippen LogP contribution in [0.3, 0.4) is 0 Å². The Morgan fingerprint density at radius 2 is 1.23 bits per heavy atom. The predicted octanol–water partition coefficient (Wildman–Crippen LogP) is 10.0. The second-order valence-corrected chi connectivity index (χ2v) is 14.2. The van der Waals surface area contributed by atoms with Crippen molar-refractivity contribution in [1.82, 2.24) is 20.3 Å². The molecule has 2 heterocycles. The highest BCUT2D eigenvalue weighted by Gasteiger charge is 2.29. The first-order chi connectivity index (χ1) is 27.5. The maximum atomic E-state index is 11.4. The number of fused-ring (bicyclic) bond motifs is 2. The molecule has 2 aliphatic rings. The molecular weight excluding hydrogens is 725 g/mol. The zero-order chi connectivity index (χ0) is 40.2. The Bertz CT molecular complexity index is 2530. The minimum absolute atomic E-state index is 0.0121. The molecule has 0 bridgehead atoms. The van der Waals surface area contributed by atoms with Crippen LogP contribution in [0.5, 0.6) is 11.5 Å². The Kier molecular flexibility index (Phi) is 11.1. The third-order valence-electron chi connectivity index (χ3n) is 9.47. The molecule has 1 N–H and O–H groups in total. The van der Waals surface area contributed by atoms with E-state index < -0.39 is 6.10 Å². The van der Waals surface area contributed by atoms with Gasteiger partial charge in [0.25, 0.3) is 11.8 Å². The Morgan fingerprint density at radius 1 is 0.737 bits per heavy atom. The number of esters is 1. The van der Waals surface area contributed by atoms with Gasteiger partial charge in [0.1, 0.15) is 17.6 Å². The van der Waals surface area contributed by atoms with Crippen molar-refractivity contribution in [2.45, 2.75) is 84.7 Å². The Labute approximate surface area is 329 Å². The third kappa shape index (κ3) is 8.25. The Hall–Kier alpha value is -6.83. The van der Waals surface area contributed by atoms with E-state index in [0.717, 1.165) is 52.6 Å². The van der Waals surface area contributed by atoms with E-state index in [4.69, 9.17) is 36.4 Å². The summed E-state index contributed by atoms with van der Waals surface area (Å²) in [5, 5.41) is 18.3. The van der Waals surface area contributed by atoms with Crippen LogP contribution < -0.4 is 9.47 Å². The molecule has 2 atom stereocenters. The number of rotatable bonds is 9. The highest BCUT2D eigenvalue weighted by atomic mass is 16.5. The van der Waals surface area contributed by atoms with Gasteiger partial charge in [-0.2, -0.15) is 9.97 Å². The molecule has 0 saturated heterocycles. The largest absolute Gasteiger partial charge is 0.502 e. The van der Waals surface area contributed by atoms with E-state index in [1.54, 1.807) is 30.3 Å². The second kappa shape index (κ2) is 16.5. The number of benzene rings is 4. The molecule has 6 aromatic rings. The molecule has 0 saturated carbocycles. The zero-order valence-corrected chi connectivity index (χ0v) is 32.1. The summed E-state index contributed by atoms with van der Waals surface area (Å²) in [5.74, 6) is 2.42. The Balaban J connectivity index is 0.000000175. The van der Waals surface area contributed by atoms with Gasteiger partial charge in [-0.25, -0.2) is 9.69 Å². The highest BCUT2D eigenvalue weighted by Crippen LogP contribution is 2.41. The van der Waals surface area contributed by atoms with Gasteiger partial charge in [-0.1, -0.05) is 46.7 Å². The number of hydrogen-bond donors (Lipinski definition) is 1. The fourth-order valence-corrected chi connectivity index (χ4v) is 7.07. The molecule has 13 heteroatoms. The van der Waals surface area contributed by atoms with Crippen LogP contribution >= 0.6 is 0 Å². The van der Waals surface area contributed by atoms with Crippen LogP contribution in [0.2, 0.25) is 0 Å². The average molecular weight is 765 g/mol. The van der Waals surface area contributed by atoms with Gasteiger partial charge >= 0.3 is 5.97 Å². The minimum atomic E-state index is -0.430. The molecule has 4 aromatic carbocycles. The zero-order valence-electron chi connectivity index (χ0n) is 32.1. The molecule has 13 nitrogen and oxygen atoms in total. The van der Waals surface area contributed by atoms with Crippen molar-refractivity contribution in [2.24, 2.45) is 0 Å². The number of carbonyl (C=O) groups is 1. The number of hydrogen-bond acceptors (Lipinski definition) is 11. The lowest BCUT2D eigenvalue weighted by molar-refractivity contribution is -0.146. The molecule has 8 rings (SSSR count). The van der Waals surface area contributed by atoms with Gasteiger partial charge in [0.15, 0.2) is 0 Å². The van der Waals surface area contributed by atoms with Gasteiger partial charge < -0.3 is 28.4 Å². The molecular formula is C44H40N6O7. The van der Waals surface area contributed by atoms with Crippen LogP contribution in [-0.2, 0) is 22.4 Å². The summed E-state index contributed by atoms with van der Waals surface area (Å²) in [4.78, 5) is 27.5. The van der Waals surface area contributed by atoms with Crippen LogP contribution in [0.4, 0.5) is 11.4 Å². The number of nitrogens with zero attached hydrogens (tertiary/aromatic N) is 6. The molecule has 0 radical (unpaired) electrons. The third-order valence-corrected chi connectivity index (χ3v) is 9.47. The smallest absolute Gasteiger partial charge is 0.303 e. The van der Waals surface area contributed by atoms with Crippen LogP contribution in [-0.4, -0.2) is 43.6 Å². The summed E-state index contributed by atoms with van der Waals surface area (Å²) in [5.41, 5.74) is 7.93. The van der Waals surface area contributed by atoms with Gasteiger partial charge in [-0.3, -0.25) is 4.79 Å². The molecule has 0 aliphatic heterocycles. The lowest BCUT2D eigenvalue weighted by atomic mass is 10.0. The van der Waals surface area contributed by atoms with Crippen LogP contribution in [0.1, 0.15) is 81.9 Å². The first kappa shape index (κ1) is 38.4. The number of aliphatic hydroxyl groups is 1. The number of aliphatic hydroxyl groups excluding tert-OH is 1. The fraction of sp³-hybridized carbons (Fsp3) is 0.295. The van der Waals surface area contributed by atoms with Crippen molar-refractivity contribution in [1.29, 1.82) is 0 Å². The van der Waals surface area contributed by atoms with E-state index in [2.05, 4.69) is 30.0 Å². The fourth-order valence-electron chi connectivity index (χ4n) is 7.07. The normalized spacial score (nSPS) is 15.3. The molecule has 57 heavy (non-hydrogen) atoms. The van der Waals surface area contributed by atoms with E-state index in [0.29, 0.717) is 63.9 Å². The second-order valence-electron chi connectivity index (χ2n) is 14.2. The summed E-state index contributed by atoms with van der Waals surface area (Å²) < 4.78 is 27.7. The summed E-state index contributed by atoms with van der Waals surface area (Å²) in [6.45, 7) is 23.9. The molecule has 2 aliphatic carbocycles. The van der Waals surface area contributed by atoms with Gasteiger partial charge in [-0.05, 0) is 112 Å². The predicted molar refractivity (Wildman–Crippen MR) is 211 cm³/mol. The maximum absolute atomic E-state index is 11.4. The highest BCUT2D eigenvalue weighted by molar-refractivity contribution is 5.72. The van der Waals surface area contributed by atoms with Crippen molar-refractivity contribution in [3.63, 3.8) is 0 Å². The van der Waals surface area contributed by atoms with Crippen molar-refractivity contribution < 1.29 is 33.2 Å².